The number of carbonyl (C=O) groups is 1. The van der Waals surface area contributed by atoms with Crippen molar-refractivity contribution in [1.29, 1.82) is 0 Å². The lowest BCUT2D eigenvalue weighted by atomic mass is 10.2. The normalized spacial score (nSPS) is 10.2. The summed E-state index contributed by atoms with van der Waals surface area (Å²) in [6.07, 6.45) is 5.92. The molecule has 0 unspecified atom stereocenters. The molecule has 104 valence electrons. The summed E-state index contributed by atoms with van der Waals surface area (Å²) in [7, 11) is 1.86. The average molecular weight is 289 g/mol. The minimum absolute atomic E-state index is 0.219. The number of aromatic nitrogens is 3. The van der Waals surface area contributed by atoms with Gasteiger partial charge in [0.25, 0.3) is 5.91 Å². The number of nitrogens with one attached hydrogen (secondary N) is 1. The number of thiocarbonyl (C=S) groups is 1. The van der Waals surface area contributed by atoms with Crippen LogP contribution in [-0.2, 0) is 13.5 Å². The molecule has 2 aromatic heterocycles. The lowest BCUT2D eigenvalue weighted by Gasteiger charge is -2.04. The topological polar surface area (TPSA) is 85.8 Å². The quantitative estimate of drug-likeness (QED) is 0.779. The van der Waals surface area contributed by atoms with Crippen molar-refractivity contribution >= 4 is 23.1 Å². The van der Waals surface area contributed by atoms with E-state index in [9.17, 15) is 4.79 Å². The van der Waals surface area contributed by atoms with E-state index < -0.39 is 0 Å². The van der Waals surface area contributed by atoms with Crippen LogP contribution >= 0.6 is 12.2 Å². The summed E-state index contributed by atoms with van der Waals surface area (Å²) in [4.78, 5) is 16.2. The highest BCUT2D eigenvalue weighted by molar-refractivity contribution is 7.80. The summed E-state index contributed by atoms with van der Waals surface area (Å²) >= 11 is 4.83. The molecule has 3 N–H and O–H groups in total. The van der Waals surface area contributed by atoms with Crippen molar-refractivity contribution in [3.8, 4) is 0 Å². The first-order valence-corrected chi connectivity index (χ1v) is 6.48. The zero-order valence-electron chi connectivity index (χ0n) is 11.0. The van der Waals surface area contributed by atoms with Crippen LogP contribution in [0.15, 0.2) is 30.7 Å². The van der Waals surface area contributed by atoms with Crippen LogP contribution in [0.2, 0.25) is 0 Å². The Bertz CT molecular complexity index is 620. The predicted molar refractivity (Wildman–Crippen MR) is 79.4 cm³/mol. The lowest BCUT2D eigenvalue weighted by molar-refractivity contribution is 0.0949. The van der Waals surface area contributed by atoms with Crippen LogP contribution in [-0.4, -0.2) is 32.2 Å². The van der Waals surface area contributed by atoms with E-state index in [2.05, 4.69) is 15.4 Å². The smallest absolute Gasteiger partial charge is 0.269 e. The Kier molecular flexibility index (Phi) is 4.41. The van der Waals surface area contributed by atoms with E-state index in [4.69, 9.17) is 18.0 Å². The summed E-state index contributed by atoms with van der Waals surface area (Å²) in [5, 5.41) is 6.87. The number of nitrogens with two attached hydrogens (primary N) is 1. The molecule has 0 saturated carbocycles. The van der Waals surface area contributed by atoms with Gasteiger partial charge in [-0.3, -0.25) is 14.5 Å². The highest BCUT2D eigenvalue weighted by atomic mass is 32.1. The van der Waals surface area contributed by atoms with E-state index in [0.717, 1.165) is 12.0 Å². The third kappa shape index (κ3) is 3.61. The van der Waals surface area contributed by atoms with Crippen LogP contribution in [0.5, 0.6) is 0 Å². The highest BCUT2D eigenvalue weighted by Crippen LogP contribution is 2.01. The van der Waals surface area contributed by atoms with E-state index in [0.29, 0.717) is 17.8 Å². The fourth-order valence-electron chi connectivity index (χ4n) is 1.69. The minimum atomic E-state index is -0.219. The van der Waals surface area contributed by atoms with Crippen molar-refractivity contribution in [3.05, 3.63) is 47.5 Å². The molecule has 1 amide bonds. The maximum absolute atomic E-state index is 11.9. The largest absolute Gasteiger partial charge is 0.389 e. The molecule has 0 atom stereocenters. The number of nitrogens with zero attached hydrogens (tertiary/aromatic N) is 3. The summed E-state index contributed by atoms with van der Waals surface area (Å²) in [6, 6.07) is 3.29. The molecule has 0 aliphatic heterocycles. The van der Waals surface area contributed by atoms with Crippen molar-refractivity contribution in [2.75, 3.05) is 6.54 Å². The molecule has 2 heterocycles. The predicted octanol–water partition coefficient (Wildman–Crippen LogP) is 0.422. The van der Waals surface area contributed by atoms with E-state index in [1.54, 1.807) is 23.0 Å². The molecule has 2 aromatic rings. The fraction of sp³-hybridized carbons (Fsp3) is 0.231. The lowest BCUT2D eigenvalue weighted by Crippen LogP contribution is -2.26. The number of aryl methyl sites for hydroxylation is 1. The number of rotatable bonds is 5. The first kappa shape index (κ1) is 14.1. The van der Waals surface area contributed by atoms with E-state index >= 15 is 0 Å². The summed E-state index contributed by atoms with van der Waals surface area (Å²) in [5.74, 6) is -0.219. The Labute approximate surface area is 122 Å². The van der Waals surface area contributed by atoms with Crippen molar-refractivity contribution < 1.29 is 4.79 Å². The zero-order chi connectivity index (χ0) is 14.5. The van der Waals surface area contributed by atoms with Gasteiger partial charge < -0.3 is 11.1 Å². The maximum atomic E-state index is 11.9. The van der Waals surface area contributed by atoms with Gasteiger partial charge in [0.15, 0.2) is 0 Å². The summed E-state index contributed by atoms with van der Waals surface area (Å²) in [5.41, 5.74) is 7.53. The Morgan fingerprint density at radius 3 is 2.80 bits per heavy atom. The van der Waals surface area contributed by atoms with Crippen LogP contribution in [0.4, 0.5) is 0 Å². The number of pyridine rings is 1. The minimum Gasteiger partial charge on any atom is -0.389 e. The van der Waals surface area contributed by atoms with Gasteiger partial charge in [0.05, 0.1) is 6.20 Å². The number of carbonyl (C=O) groups excluding carboxylic acids is 1. The van der Waals surface area contributed by atoms with Gasteiger partial charge in [-0.05, 0) is 24.1 Å². The molecule has 0 aliphatic carbocycles. The molecule has 0 spiro atoms. The van der Waals surface area contributed by atoms with E-state index in [1.807, 2.05) is 13.2 Å². The SMILES string of the molecule is Cn1cc(CCNC(=O)c2ccc(C(N)=S)cn2)cn1. The molecule has 0 radical (unpaired) electrons. The van der Waals surface area contributed by atoms with Crippen molar-refractivity contribution in [1.82, 2.24) is 20.1 Å². The van der Waals surface area contributed by atoms with Crippen LogP contribution in [0.3, 0.4) is 0 Å². The van der Waals surface area contributed by atoms with Crippen molar-refractivity contribution in [2.24, 2.45) is 12.8 Å². The second-order valence-electron chi connectivity index (χ2n) is 4.32. The van der Waals surface area contributed by atoms with Gasteiger partial charge in [-0.15, -0.1) is 0 Å². The first-order valence-electron chi connectivity index (χ1n) is 6.08. The van der Waals surface area contributed by atoms with Gasteiger partial charge in [-0.2, -0.15) is 5.10 Å². The molecular weight excluding hydrogens is 274 g/mol. The molecule has 0 bridgehead atoms. The second kappa shape index (κ2) is 6.25. The van der Waals surface area contributed by atoms with Crippen molar-refractivity contribution in [2.45, 2.75) is 6.42 Å². The molecule has 20 heavy (non-hydrogen) atoms. The molecule has 0 aromatic carbocycles. The van der Waals surface area contributed by atoms with Gasteiger partial charge in [0.2, 0.25) is 0 Å². The maximum Gasteiger partial charge on any atom is 0.269 e. The van der Waals surface area contributed by atoms with Gasteiger partial charge in [0.1, 0.15) is 10.7 Å². The van der Waals surface area contributed by atoms with Gasteiger partial charge in [-0.25, -0.2) is 0 Å². The fourth-order valence-corrected chi connectivity index (χ4v) is 1.81. The first-order chi connectivity index (χ1) is 9.56. The average Bonchev–Trinajstić information content (AvgIpc) is 2.84. The number of amides is 1. The van der Waals surface area contributed by atoms with E-state index in [-0.39, 0.29) is 10.9 Å². The molecule has 0 aliphatic rings. The summed E-state index contributed by atoms with van der Waals surface area (Å²) < 4.78 is 1.73. The zero-order valence-corrected chi connectivity index (χ0v) is 11.9. The molecule has 0 fully saturated rings. The van der Waals surface area contributed by atoms with Gasteiger partial charge in [-0.1, -0.05) is 12.2 Å². The number of hydrogen-bond donors (Lipinski definition) is 2. The third-order valence-corrected chi connectivity index (χ3v) is 2.97. The molecular formula is C13H15N5OS. The van der Waals surface area contributed by atoms with Gasteiger partial charge in [0, 0.05) is 31.5 Å². The molecule has 6 nitrogen and oxygen atoms in total. The second-order valence-corrected chi connectivity index (χ2v) is 4.76. The van der Waals surface area contributed by atoms with Crippen LogP contribution < -0.4 is 11.1 Å². The Hall–Kier alpha value is -2.28. The number of hydrogen-bond acceptors (Lipinski definition) is 4. The van der Waals surface area contributed by atoms with E-state index in [1.165, 1.54) is 6.20 Å². The Balaban J connectivity index is 1.86. The van der Waals surface area contributed by atoms with Crippen molar-refractivity contribution in [3.63, 3.8) is 0 Å². The standard InChI is InChI=1S/C13H15N5OS/c1-18-8-9(6-17-18)4-5-15-13(19)11-3-2-10(7-16-11)12(14)20/h2-3,6-8H,4-5H2,1H3,(H2,14,20)(H,15,19). The molecule has 7 heteroatoms. The highest BCUT2D eigenvalue weighted by Gasteiger charge is 2.07. The monoisotopic (exact) mass is 289 g/mol. The Morgan fingerprint density at radius 1 is 1.45 bits per heavy atom. The van der Waals surface area contributed by atoms with Crippen LogP contribution in [0.25, 0.3) is 0 Å². The summed E-state index contributed by atoms with van der Waals surface area (Å²) in [6.45, 7) is 0.531. The van der Waals surface area contributed by atoms with Gasteiger partial charge >= 0.3 is 0 Å². The molecule has 2 rings (SSSR count). The Morgan fingerprint density at radius 2 is 2.25 bits per heavy atom. The van der Waals surface area contributed by atoms with Crippen LogP contribution in [0, 0.1) is 0 Å². The molecule has 0 saturated heterocycles. The third-order valence-electron chi connectivity index (χ3n) is 2.74. The van der Waals surface area contributed by atoms with Crippen LogP contribution in [0.1, 0.15) is 21.6 Å².